The van der Waals surface area contributed by atoms with Crippen molar-refractivity contribution in [2.24, 2.45) is 0 Å². The van der Waals surface area contributed by atoms with E-state index >= 15 is 0 Å². The van der Waals surface area contributed by atoms with Crippen molar-refractivity contribution in [3.63, 3.8) is 0 Å². The summed E-state index contributed by atoms with van der Waals surface area (Å²) in [4.78, 5) is 10.8. The minimum absolute atomic E-state index is 0.275. The Kier molecular flexibility index (Phi) is 3.24. The predicted molar refractivity (Wildman–Crippen MR) is 66.5 cm³/mol. The predicted octanol–water partition coefficient (Wildman–Crippen LogP) is 3.95. The van der Waals surface area contributed by atoms with E-state index in [1.54, 1.807) is 24.3 Å². The van der Waals surface area contributed by atoms with E-state index in [2.05, 4.69) is 15.9 Å². The van der Waals surface area contributed by atoms with E-state index in [1.807, 2.05) is 6.07 Å². The highest BCUT2D eigenvalue weighted by atomic mass is 79.9. The summed E-state index contributed by atoms with van der Waals surface area (Å²) in [5, 5.41) is 8.85. The van der Waals surface area contributed by atoms with Crippen LogP contribution in [-0.4, -0.2) is 11.1 Å². The monoisotopic (exact) mass is 294 g/mol. The maximum atomic E-state index is 14.0. The first kappa shape index (κ1) is 11.8. The molecule has 0 radical (unpaired) electrons. The lowest BCUT2D eigenvalue weighted by molar-refractivity contribution is 0.0692. The van der Waals surface area contributed by atoms with Crippen LogP contribution in [-0.2, 0) is 0 Å². The zero-order chi connectivity index (χ0) is 12.4. The lowest BCUT2D eigenvalue weighted by Gasteiger charge is -2.07. The van der Waals surface area contributed by atoms with Crippen LogP contribution in [0.3, 0.4) is 0 Å². The third-order valence-corrected chi connectivity index (χ3v) is 3.08. The molecule has 2 aromatic rings. The van der Waals surface area contributed by atoms with E-state index in [-0.39, 0.29) is 11.1 Å². The molecule has 0 spiro atoms. The summed E-state index contributed by atoms with van der Waals surface area (Å²) >= 11 is 3.31. The molecule has 0 fully saturated rings. The van der Waals surface area contributed by atoms with Gasteiger partial charge in [-0.15, -0.1) is 0 Å². The van der Waals surface area contributed by atoms with E-state index in [0.717, 1.165) is 4.47 Å². The second kappa shape index (κ2) is 4.67. The molecule has 0 aliphatic rings. The fourth-order valence-electron chi connectivity index (χ4n) is 1.58. The molecule has 2 aromatic carbocycles. The van der Waals surface area contributed by atoms with E-state index in [0.29, 0.717) is 5.56 Å². The molecule has 86 valence electrons. The first-order chi connectivity index (χ1) is 8.11. The van der Waals surface area contributed by atoms with Gasteiger partial charge < -0.3 is 5.11 Å². The van der Waals surface area contributed by atoms with Crippen LogP contribution in [0.1, 0.15) is 10.4 Å². The van der Waals surface area contributed by atoms with Gasteiger partial charge >= 0.3 is 5.97 Å². The van der Waals surface area contributed by atoms with Crippen LogP contribution in [0.15, 0.2) is 46.9 Å². The Morgan fingerprint density at radius 2 is 1.71 bits per heavy atom. The summed E-state index contributed by atoms with van der Waals surface area (Å²) in [6.45, 7) is 0. The van der Waals surface area contributed by atoms with Crippen LogP contribution >= 0.6 is 15.9 Å². The summed E-state index contributed by atoms with van der Waals surface area (Å²) < 4.78 is 14.7. The van der Waals surface area contributed by atoms with Gasteiger partial charge in [0.2, 0.25) is 0 Å². The molecule has 0 bridgehead atoms. The van der Waals surface area contributed by atoms with Crippen LogP contribution in [0, 0.1) is 5.82 Å². The molecule has 1 N–H and O–H groups in total. The standard InChI is InChI=1S/C13H8BrFO2/c14-11-7-2-1-4-8(11)9-5-3-6-10(12(9)15)13(16)17/h1-7H,(H,16,17). The number of benzene rings is 2. The zero-order valence-electron chi connectivity index (χ0n) is 8.65. The van der Waals surface area contributed by atoms with Crippen LogP contribution in [0.25, 0.3) is 11.1 Å². The van der Waals surface area contributed by atoms with E-state index in [1.165, 1.54) is 12.1 Å². The molecular formula is C13H8BrFO2. The summed E-state index contributed by atoms with van der Waals surface area (Å²) in [6, 6.07) is 11.4. The Bertz CT molecular complexity index is 581. The number of hydrogen-bond donors (Lipinski definition) is 1. The van der Waals surface area contributed by atoms with Gasteiger partial charge in [-0.2, -0.15) is 0 Å². The third kappa shape index (κ3) is 2.22. The van der Waals surface area contributed by atoms with Crippen molar-refractivity contribution in [3.8, 4) is 11.1 Å². The highest BCUT2D eigenvalue weighted by Crippen LogP contribution is 2.31. The Labute approximate surface area is 106 Å². The van der Waals surface area contributed by atoms with Gasteiger partial charge in [-0.25, -0.2) is 9.18 Å². The van der Waals surface area contributed by atoms with Crippen LogP contribution < -0.4 is 0 Å². The Morgan fingerprint density at radius 3 is 2.35 bits per heavy atom. The molecule has 0 amide bonds. The highest BCUT2D eigenvalue weighted by molar-refractivity contribution is 9.10. The molecule has 17 heavy (non-hydrogen) atoms. The Balaban J connectivity index is 2.65. The number of carboxylic acids is 1. The normalized spacial score (nSPS) is 10.2. The lowest BCUT2D eigenvalue weighted by Crippen LogP contribution is -2.01. The van der Waals surface area contributed by atoms with Crippen molar-refractivity contribution in [3.05, 3.63) is 58.3 Å². The van der Waals surface area contributed by atoms with Gasteiger partial charge in [0.25, 0.3) is 0 Å². The third-order valence-electron chi connectivity index (χ3n) is 2.39. The van der Waals surface area contributed by atoms with Crippen LogP contribution in [0.5, 0.6) is 0 Å². The number of carbonyl (C=O) groups is 1. The molecule has 0 unspecified atom stereocenters. The van der Waals surface area contributed by atoms with Crippen molar-refractivity contribution in [1.29, 1.82) is 0 Å². The molecule has 2 nitrogen and oxygen atoms in total. The SMILES string of the molecule is O=C(O)c1cccc(-c2ccccc2Br)c1F. The van der Waals surface area contributed by atoms with Crippen LogP contribution in [0.2, 0.25) is 0 Å². The van der Waals surface area contributed by atoms with Crippen LogP contribution in [0.4, 0.5) is 4.39 Å². The molecule has 0 saturated heterocycles. The van der Waals surface area contributed by atoms with Gasteiger partial charge in [-0.05, 0) is 17.7 Å². The largest absolute Gasteiger partial charge is 0.478 e. The van der Waals surface area contributed by atoms with Gasteiger partial charge in [0.1, 0.15) is 5.82 Å². The maximum absolute atomic E-state index is 14.0. The molecule has 0 aliphatic heterocycles. The highest BCUT2D eigenvalue weighted by Gasteiger charge is 2.15. The fraction of sp³-hybridized carbons (Fsp3) is 0. The summed E-state index contributed by atoms with van der Waals surface area (Å²) in [5.74, 6) is -1.98. The zero-order valence-corrected chi connectivity index (χ0v) is 10.2. The number of aromatic carboxylic acids is 1. The molecule has 0 saturated carbocycles. The van der Waals surface area contributed by atoms with Gasteiger partial charge in [0.15, 0.2) is 0 Å². The topological polar surface area (TPSA) is 37.3 Å². The number of hydrogen-bond acceptors (Lipinski definition) is 1. The second-order valence-electron chi connectivity index (χ2n) is 3.45. The Hall–Kier alpha value is -1.68. The average Bonchev–Trinajstić information content (AvgIpc) is 2.30. The molecule has 0 heterocycles. The first-order valence-corrected chi connectivity index (χ1v) is 5.67. The number of rotatable bonds is 2. The minimum Gasteiger partial charge on any atom is -0.478 e. The van der Waals surface area contributed by atoms with Gasteiger partial charge in [0, 0.05) is 10.0 Å². The maximum Gasteiger partial charge on any atom is 0.338 e. The molecule has 2 rings (SSSR count). The van der Waals surface area contributed by atoms with E-state index in [9.17, 15) is 9.18 Å². The van der Waals surface area contributed by atoms with Gasteiger partial charge in [-0.3, -0.25) is 0 Å². The number of halogens is 2. The van der Waals surface area contributed by atoms with Crippen molar-refractivity contribution < 1.29 is 14.3 Å². The fourth-order valence-corrected chi connectivity index (χ4v) is 2.08. The first-order valence-electron chi connectivity index (χ1n) is 4.88. The van der Waals surface area contributed by atoms with Crippen molar-refractivity contribution >= 4 is 21.9 Å². The summed E-state index contributed by atoms with van der Waals surface area (Å²) in [7, 11) is 0. The molecule has 0 aliphatic carbocycles. The summed E-state index contributed by atoms with van der Waals surface area (Å²) in [5.41, 5.74) is 0.587. The smallest absolute Gasteiger partial charge is 0.338 e. The Morgan fingerprint density at radius 1 is 1.06 bits per heavy atom. The van der Waals surface area contributed by atoms with E-state index in [4.69, 9.17) is 5.11 Å². The van der Waals surface area contributed by atoms with Crippen molar-refractivity contribution in [2.75, 3.05) is 0 Å². The van der Waals surface area contributed by atoms with E-state index < -0.39 is 11.8 Å². The van der Waals surface area contributed by atoms with Crippen molar-refractivity contribution in [2.45, 2.75) is 0 Å². The number of carboxylic acid groups (broad SMARTS) is 1. The van der Waals surface area contributed by atoms with Crippen molar-refractivity contribution in [1.82, 2.24) is 0 Å². The lowest BCUT2D eigenvalue weighted by atomic mass is 10.0. The molecule has 0 aromatic heterocycles. The summed E-state index contributed by atoms with van der Waals surface area (Å²) in [6.07, 6.45) is 0. The molecule has 4 heteroatoms. The van der Waals surface area contributed by atoms with Gasteiger partial charge in [0.05, 0.1) is 5.56 Å². The minimum atomic E-state index is -1.27. The quantitative estimate of drug-likeness (QED) is 0.910. The average molecular weight is 295 g/mol. The van der Waals surface area contributed by atoms with Gasteiger partial charge in [-0.1, -0.05) is 46.3 Å². The molecular weight excluding hydrogens is 287 g/mol. The second-order valence-corrected chi connectivity index (χ2v) is 4.31. The molecule has 0 atom stereocenters.